The van der Waals surface area contributed by atoms with E-state index in [0.717, 1.165) is 11.8 Å². The van der Waals surface area contributed by atoms with Gasteiger partial charge in [0.05, 0.1) is 25.4 Å². The minimum absolute atomic E-state index is 0.155. The highest BCUT2D eigenvalue weighted by Gasteiger charge is 2.54. The minimum Gasteiger partial charge on any atom is -0.468 e. The van der Waals surface area contributed by atoms with Gasteiger partial charge in [-0.3, -0.25) is 14.3 Å². The predicted molar refractivity (Wildman–Crippen MR) is 163 cm³/mol. The van der Waals surface area contributed by atoms with E-state index in [4.69, 9.17) is 24.3 Å². The first-order chi connectivity index (χ1) is 21.0. The van der Waals surface area contributed by atoms with Crippen molar-refractivity contribution in [2.45, 2.75) is 57.8 Å². The molecule has 17 nitrogen and oxygen atoms in total. The molecule has 1 fully saturated rings. The van der Waals surface area contributed by atoms with Gasteiger partial charge in [-0.15, -0.1) is 4.83 Å². The van der Waals surface area contributed by atoms with Crippen molar-refractivity contribution >= 4 is 46.5 Å². The van der Waals surface area contributed by atoms with E-state index in [1.165, 1.54) is 36.7 Å². The summed E-state index contributed by atoms with van der Waals surface area (Å²) >= 11 is 0. The number of anilines is 2. The third-order valence-corrected chi connectivity index (χ3v) is 9.18. The Hall–Kier alpha value is -3.35. The van der Waals surface area contributed by atoms with Gasteiger partial charge >= 0.3 is 13.7 Å². The van der Waals surface area contributed by atoms with E-state index >= 15 is 0 Å². The zero-order chi connectivity index (χ0) is 33.3. The van der Waals surface area contributed by atoms with Crippen molar-refractivity contribution in [2.24, 2.45) is 0 Å². The maximum atomic E-state index is 13.8. The number of aromatic nitrogens is 3. The number of aryl methyl sites for hydroxylation is 1. The van der Waals surface area contributed by atoms with Gasteiger partial charge in [-0.25, -0.2) is 13.0 Å². The molecule has 248 valence electrons. The number of fused-ring (bicyclic) bond motifs is 1. The zero-order valence-electron chi connectivity index (χ0n) is 25.6. The normalized spacial score (nSPS) is 23.9. The maximum absolute atomic E-state index is 13.8. The lowest BCUT2D eigenvalue weighted by molar-refractivity contribution is -0.142. The number of hydrazine groups is 1. The smallest absolute Gasteiger partial charge is 0.459 e. The highest BCUT2D eigenvalue weighted by Crippen LogP contribution is 2.47. The average Bonchev–Trinajstić information content (AvgIpc) is 3.47. The Morgan fingerprint density at radius 3 is 2.56 bits per heavy atom. The summed E-state index contributed by atoms with van der Waals surface area (Å²) in [5.74, 6) is -0.573. The molecule has 0 aliphatic carbocycles. The summed E-state index contributed by atoms with van der Waals surface area (Å²) in [7, 11) is -6.79. The quantitative estimate of drug-likeness (QED) is 0.0969. The van der Waals surface area contributed by atoms with Gasteiger partial charge < -0.3 is 34.5 Å². The first-order valence-corrected chi connectivity index (χ1v) is 17.2. The van der Waals surface area contributed by atoms with Crippen molar-refractivity contribution in [2.75, 3.05) is 37.3 Å². The Bertz CT molecular complexity index is 1680. The maximum Gasteiger partial charge on any atom is 0.459 e. The number of rotatable bonds is 13. The lowest BCUT2D eigenvalue weighted by atomic mass is 9.96. The summed E-state index contributed by atoms with van der Waals surface area (Å²) in [6.45, 7) is 5.96. The van der Waals surface area contributed by atoms with E-state index in [2.05, 4.69) is 19.9 Å². The number of nitrogens with two attached hydrogens (primary N) is 1. The molecule has 6 atom stereocenters. The van der Waals surface area contributed by atoms with Gasteiger partial charge in [0.1, 0.15) is 35.2 Å². The second-order valence-electron chi connectivity index (χ2n) is 10.7. The number of hydrogen-bond donors (Lipinski definition) is 5. The number of esters is 1. The van der Waals surface area contributed by atoms with E-state index in [0.29, 0.717) is 5.39 Å². The van der Waals surface area contributed by atoms with Crippen molar-refractivity contribution in [1.29, 1.82) is 0 Å². The summed E-state index contributed by atoms with van der Waals surface area (Å²) < 4.78 is 61.2. The fourth-order valence-electron chi connectivity index (χ4n) is 4.73. The van der Waals surface area contributed by atoms with Gasteiger partial charge in [0.25, 0.3) is 0 Å². The van der Waals surface area contributed by atoms with Crippen LogP contribution in [0.5, 0.6) is 5.75 Å². The molecule has 0 amide bonds. The third-order valence-electron chi connectivity index (χ3n) is 6.99. The van der Waals surface area contributed by atoms with Gasteiger partial charge in [-0.1, -0.05) is 17.7 Å². The molecule has 4 rings (SSSR count). The SMILES string of the molecule is CCN(NS(C)(=O)=O)c1nc(N)nc2c1ccn2C1OC(COP(=O)(NC(C)C(=O)OC)Oc2ccc(C)cc2)[C@@H](O)[C@@]1(C)O. The molecule has 3 heterocycles. The van der Waals surface area contributed by atoms with Crippen molar-refractivity contribution in [3.8, 4) is 5.75 Å². The molecule has 2 aromatic heterocycles. The average molecular weight is 672 g/mol. The Kier molecular flexibility index (Phi) is 10.1. The van der Waals surface area contributed by atoms with Crippen LogP contribution in [0.2, 0.25) is 0 Å². The van der Waals surface area contributed by atoms with Gasteiger partial charge in [-0.2, -0.15) is 15.1 Å². The summed E-state index contributed by atoms with van der Waals surface area (Å²) in [6, 6.07) is 7.09. The Morgan fingerprint density at radius 2 is 1.96 bits per heavy atom. The minimum atomic E-state index is -4.29. The van der Waals surface area contributed by atoms with Crippen LogP contribution in [0.1, 0.15) is 32.6 Å². The van der Waals surface area contributed by atoms with Crippen molar-refractivity contribution in [3.05, 3.63) is 42.1 Å². The number of methoxy groups -OCH3 is 1. The molecule has 1 aliphatic heterocycles. The number of sulfonamides is 1. The summed E-state index contributed by atoms with van der Waals surface area (Å²) in [4.78, 5) is 22.9. The third kappa shape index (κ3) is 7.73. The monoisotopic (exact) mass is 671 g/mol. The Balaban J connectivity index is 1.62. The van der Waals surface area contributed by atoms with E-state index in [-0.39, 0.29) is 29.7 Å². The summed E-state index contributed by atoms with van der Waals surface area (Å²) in [5.41, 5.74) is 5.13. The Labute approximate surface area is 260 Å². The molecule has 1 aliphatic rings. The molecule has 0 bridgehead atoms. The number of aliphatic hydroxyl groups excluding tert-OH is 1. The number of carbonyl (C=O) groups is 1. The number of nitrogen functional groups attached to an aromatic ring is 1. The molecule has 1 aromatic carbocycles. The number of benzene rings is 1. The van der Waals surface area contributed by atoms with Crippen LogP contribution < -0.4 is 25.2 Å². The van der Waals surface area contributed by atoms with Crippen LogP contribution in [0, 0.1) is 6.92 Å². The first-order valence-electron chi connectivity index (χ1n) is 13.8. The molecule has 19 heteroatoms. The summed E-state index contributed by atoms with van der Waals surface area (Å²) in [5, 5.41) is 26.7. The second kappa shape index (κ2) is 13.2. The molecule has 0 saturated carbocycles. The molecule has 45 heavy (non-hydrogen) atoms. The fraction of sp³-hybridized carbons (Fsp3) is 0.500. The number of carbonyl (C=O) groups excluding carboxylic acids is 1. The first kappa shape index (κ1) is 34.5. The van der Waals surface area contributed by atoms with Crippen LogP contribution >= 0.6 is 7.75 Å². The topological polar surface area (TPSA) is 230 Å². The molecule has 4 unspecified atom stereocenters. The summed E-state index contributed by atoms with van der Waals surface area (Å²) in [6.07, 6.45) is -1.57. The fourth-order valence-corrected chi connectivity index (χ4v) is 6.85. The van der Waals surface area contributed by atoms with Crippen LogP contribution in [0.15, 0.2) is 36.5 Å². The van der Waals surface area contributed by atoms with E-state index < -0.39 is 60.4 Å². The molecule has 3 aromatic rings. The molecular weight excluding hydrogens is 633 g/mol. The molecule has 0 radical (unpaired) electrons. The van der Waals surface area contributed by atoms with Crippen molar-refractivity contribution in [3.63, 3.8) is 0 Å². The highest BCUT2D eigenvalue weighted by molar-refractivity contribution is 7.88. The molecule has 6 N–H and O–H groups in total. The largest absolute Gasteiger partial charge is 0.468 e. The number of hydrogen-bond acceptors (Lipinski definition) is 14. The number of nitrogens with one attached hydrogen (secondary N) is 2. The van der Waals surface area contributed by atoms with Gasteiger partial charge in [0.15, 0.2) is 12.0 Å². The lowest BCUT2D eigenvalue weighted by Gasteiger charge is -2.28. The van der Waals surface area contributed by atoms with E-state index in [1.807, 2.05) is 6.92 Å². The van der Waals surface area contributed by atoms with Gasteiger partial charge in [0, 0.05) is 12.7 Å². The number of ether oxygens (including phenoxy) is 2. The number of nitrogens with zero attached hydrogens (tertiary/aromatic N) is 4. The molecule has 0 spiro atoms. The van der Waals surface area contributed by atoms with Crippen molar-refractivity contribution in [1.82, 2.24) is 24.5 Å². The van der Waals surface area contributed by atoms with Crippen LogP contribution in [0.25, 0.3) is 11.0 Å². The second-order valence-corrected chi connectivity index (χ2v) is 14.2. The van der Waals surface area contributed by atoms with Crippen LogP contribution in [-0.2, 0) is 33.4 Å². The molecule has 1 saturated heterocycles. The Morgan fingerprint density at radius 1 is 1.29 bits per heavy atom. The molecular formula is C26H38N7O10PS. The van der Waals surface area contributed by atoms with E-state index in [1.54, 1.807) is 37.3 Å². The number of aliphatic hydroxyl groups is 2. The van der Waals surface area contributed by atoms with Crippen LogP contribution in [-0.4, -0.2) is 89.5 Å². The lowest BCUT2D eigenvalue weighted by Crippen LogP contribution is -2.44. The zero-order valence-corrected chi connectivity index (χ0v) is 27.3. The van der Waals surface area contributed by atoms with Crippen LogP contribution in [0.4, 0.5) is 11.8 Å². The standard InChI is InChI=1S/C26H38N7O10PS/c1-7-33(31-45(6,38)39)22-18-12-13-32(21(18)28-25(27)29-22)24-26(4,36)20(34)19(42-24)14-41-44(37,30-16(3)23(35)40-5)43-17-10-8-15(2)9-11-17/h8-13,16,19-20,24,31,34,36H,7,14H2,1-6H3,(H,30,37)(H2,27,28,29)/t16?,19?,20-,24?,26-,44?/m1/s1. The van der Waals surface area contributed by atoms with Crippen LogP contribution in [0.3, 0.4) is 0 Å². The van der Waals surface area contributed by atoms with Gasteiger partial charge in [0.2, 0.25) is 16.0 Å². The van der Waals surface area contributed by atoms with Crippen molar-refractivity contribution < 1.29 is 46.5 Å². The van der Waals surface area contributed by atoms with E-state index in [9.17, 15) is 28.0 Å². The van der Waals surface area contributed by atoms with Gasteiger partial charge in [-0.05, 0) is 45.9 Å². The highest BCUT2D eigenvalue weighted by atomic mass is 32.2. The predicted octanol–water partition coefficient (Wildman–Crippen LogP) is 0.977.